The van der Waals surface area contributed by atoms with Crippen molar-refractivity contribution in [2.75, 3.05) is 13.7 Å². The summed E-state index contributed by atoms with van der Waals surface area (Å²) < 4.78 is 0. The number of aldehydes is 1. The van der Waals surface area contributed by atoms with Crippen LogP contribution in [0.15, 0.2) is 0 Å². The molecule has 0 unspecified atom stereocenters. The third-order valence-electron chi connectivity index (χ3n) is 2.04. The predicted molar refractivity (Wildman–Crippen MR) is 61.0 cm³/mol. The first-order valence-electron chi connectivity index (χ1n) is 5.65. The highest BCUT2D eigenvalue weighted by Gasteiger charge is 2.13. The largest absolute Gasteiger partial charge is 0.338 e. The molecule has 9 nitrogen and oxygen atoms in total. The summed E-state index contributed by atoms with van der Waals surface area (Å²) in [6.45, 7) is -0.0889. The van der Waals surface area contributed by atoms with E-state index in [0.29, 0.717) is 19.1 Å². The van der Waals surface area contributed by atoms with Gasteiger partial charge in [0.25, 0.3) is 11.0 Å². The minimum atomic E-state index is -0.905. The van der Waals surface area contributed by atoms with Crippen LogP contribution in [0.4, 0.5) is 0 Å². The number of rotatable bonds is 9. The third-order valence-corrected chi connectivity index (χ3v) is 2.04. The van der Waals surface area contributed by atoms with Crippen molar-refractivity contribution in [2.45, 2.75) is 32.1 Å². The molecule has 9 heteroatoms. The zero-order valence-electron chi connectivity index (χ0n) is 10.6. The van der Waals surface area contributed by atoms with Crippen LogP contribution in [-0.2, 0) is 24.1 Å². The molecule has 1 amide bonds. The Morgan fingerprint density at radius 2 is 2.00 bits per heavy atom. The first-order chi connectivity index (χ1) is 8.97. The quantitative estimate of drug-likeness (QED) is 0.256. The summed E-state index contributed by atoms with van der Waals surface area (Å²) in [5, 5.41) is 9.70. The molecule has 0 aliphatic heterocycles. The minimum absolute atomic E-state index is 0.0202. The molecule has 19 heavy (non-hydrogen) atoms. The number of carbonyl (C=O) groups excluding carboxylic acids is 3. The minimum Gasteiger partial charge on any atom is -0.338 e. The van der Waals surface area contributed by atoms with Crippen LogP contribution in [0.5, 0.6) is 0 Å². The van der Waals surface area contributed by atoms with E-state index in [2.05, 4.69) is 4.84 Å². The van der Waals surface area contributed by atoms with E-state index in [4.69, 9.17) is 4.84 Å². The molecule has 0 radical (unpaired) electrons. The molecule has 0 saturated carbocycles. The van der Waals surface area contributed by atoms with Crippen molar-refractivity contribution in [1.29, 1.82) is 0 Å². The summed E-state index contributed by atoms with van der Waals surface area (Å²) in [4.78, 5) is 51.2. The fourth-order valence-electron chi connectivity index (χ4n) is 1.10. The second-order valence-electron chi connectivity index (χ2n) is 3.57. The van der Waals surface area contributed by atoms with Crippen LogP contribution in [-0.4, -0.2) is 42.0 Å². The maximum absolute atomic E-state index is 11.3. The van der Waals surface area contributed by atoms with Crippen molar-refractivity contribution in [2.24, 2.45) is 0 Å². The molecule has 0 aliphatic rings. The normalized spacial score (nSPS) is 9.53. The van der Waals surface area contributed by atoms with Gasteiger partial charge < -0.3 is 14.5 Å². The lowest BCUT2D eigenvalue weighted by Crippen LogP contribution is -2.29. The zero-order chi connectivity index (χ0) is 14.7. The van der Waals surface area contributed by atoms with E-state index >= 15 is 0 Å². The van der Waals surface area contributed by atoms with E-state index in [1.54, 1.807) is 0 Å². The summed E-state index contributed by atoms with van der Waals surface area (Å²) in [5.74, 6) is -1.10. The second kappa shape index (κ2) is 9.80. The average Bonchev–Trinajstić information content (AvgIpc) is 2.34. The molecule has 0 aromatic rings. The van der Waals surface area contributed by atoms with Gasteiger partial charge in [-0.15, -0.1) is 10.1 Å². The maximum Gasteiger partial charge on any atom is 0.332 e. The van der Waals surface area contributed by atoms with Crippen LogP contribution in [0.2, 0.25) is 0 Å². The highest BCUT2D eigenvalue weighted by atomic mass is 16.9. The van der Waals surface area contributed by atoms with Crippen LogP contribution in [0, 0.1) is 10.1 Å². The van der Waals surface area contributed by atoms with E-state index in [0.717, 1.165) is 5.06 Å². The van der Waals surface area contributed by atoms with Crippen molar-refractivity contribution in [1.82, 2.24) is 5.06 Å². The molecule has 0 aliphatic carbocycles. The van der Waals surface area contributed by atoms with Gasteiger partial charge in [-0.1, -0.05) is 0 Å². The fourth-order valence-corrected chi connectivity index (χ4v) is 1.10. The molecule has 0 saturated heterocycles. The molecule has 0 aromatic heterocycles. The average molecular weight is 276 g/mol. The molecular weight excluding hydrogens is 260 g/mol. The lowest BCUT2D eigenvalue weighted by atomic mass is 10.2. The van der Waals surface area contributed by atoms with Crippen molar-refractivity contribution in [3.05, 3.63) is 10.1 Å². The lowest BCUT2D eigenvalue weighted by molar-refractivity contribution is -0.757. The fraction of sp³-hybridized carbons (Fsp3) is 0.700. The van der Waals surface area contributed by atoms with Gasteiger partial charge in [0.15, 0.2) is 0 Å². The van der Waals surface area contributed by atoms with Gasteiger partial charge in [0.1, 0.15) is 6.29 Å². The van der Waals surface area contributed by atoms with Gasteiger partial charge in [0.05, 0.1) is 6.61 Å². The maximum atomic E-state index is 11.3. The molecule has 0 fully saturated rings. The Morgan fingerprint density at radius 3 is 2.58 bits per heavy atom. The van der Waals surface area contributed by atoms with Gasteiger partial charge >= 0.3 is 5.97 Å². The summed E-state index contributed by atoms with van der Waals surface area (Å²) in [6, 6.07) is 0. The van der Waals surface area contributed by atoms with E-state index in [1.165, 1.54) is 7.05 Å². The van der Waals surface area contributed by atoms with Crippen LogP contribution >= 0.6 is 0 Å². The smallest absolute Gasteiger partial charge is 0.332 e. The van der Waals surface area contributed by atoms with Gasteiger partial charge in [0.2, 0.25) is 0 Å². The topological polar surface area (TPSA) is 116 Å². The summed E-state index contributed by atoms with van der Waals surface area (Å²) >= 11 is 0. The lowest BCUT2D eigenvalue weighted by Gasteiger charge is -2.15. The van der Waals surface area contributed by atoms with Gasteiger partial charge in [-0.25, -0.2) is 4.79 Å². The number of amides is 1. The predicted octanol–water partition coefficient (Wildman–Crippen LogP) is 0.261. The Balaban J connectivity index is 3.70. The first-order valence-corrected chi connectivity index (χ1v) is 5.65. The highest BCUT2D eigenvalue weighted by molar-refractivity contribution is 5.79. The van der Waals surface area contributed by atoms with Gasteiger partial charge in [-0.2, -0.15) is 5.06 Å². The summed E-state index contributed by atoms with van der Waals surface area (Å²) in [6.07, 6.45) is 1.35. The van der Waals surface area contributed by atoms with Crippen LogP contribution < -0.4 is 0 Å². The molecule has 0 aromatic carbocycles. The van der Waals surface area contributed by atoms with Crippen molar-refractivity contribution < 1.29 is 29.1 Å². The number of unbranched alkanes of at least 4 members (excludes halogenated alkanes) is 1. The first kappa shape index (κ1) is 16.8. The van der Waals surface area contributed by atoms with E-state index in [-0.39, 0.29) is 25.9 Å². The Kier molecular flexibility index (Phi) is 8.67. The van der Waals surface area contributed by atoms with Crippen molar-refractivity contribution in [3.63, 3.8) is 0 Å². The van der Waals surface area contributed by atoms with Crippen molar-refractivity contribution >= 4 is 18.2 Å². The third kappa shape index (κ3) is 9.51. The van der Waals surface area contributed by atoms with Crippen LogP contribution in [0.1, 0.15) is 32.1 Å². The molecule has 0 rings (SSSR count). The number of hydrogen-bond acceptors (Lipinski definition) is 7. The molecular formula is C10H16N2O7. The Hall–Kier alpha value is -2.19. The summed E-state index contributed by atoms with van der Waals surface area (Å²) in [7, 11) is 1.28. The van der Waals surface area contributed by atoms with Gasteiger partial charge in [-0.3, -0.25) is 4.79 Å². The SMILES string of the molecule is CN(OC(=O)CCCCO[N+](=O)[O-])C(=O)CCC=O. The van der Waals surface area contributed by atoms with Crippen molar-refractivity contribution in [3.8, 4) is 0 Å². The molecule has 0 N–H and O–H groups in total. The van der Waals surface area contributed by atoms with Gasteiger partial charge in [0, 0.05) is 26.3 Å². The number of hydrogen-bond donors (Lipinski definition) is 0. The highest BCUT2D eigenvalue weighted by Crippen LogP contribution is 2.02. The Bertz CT molecular complexity index is 332. The Morgan fingerprint density at radius 1 is 1.32 bits per heavy atom. The molecule has 0 heterocycles. The molecule has 0 spiro atoms. The van der Waals surface area contributed by atoms with E-state index < -0.39 is 17.0 Å². The zero-order valence-corrected chi connectivity index (χ0v) is 10.6. The van der Waals surface area contributed by atoms with Crippen LogP contribution in [0.3, 0.4) is 0 Å². The molecule has 108 valence electrons. The second-order valence-corrected chi connectivity index (χ2v) is 3.57. The van der Waals surface area contributed by atoms with Gasteiger partial charge in [-0.05, 0) is 12.8 Å². The monoisotopic (exact) mass is 276 g/mol. The standard InChI is InChI=1S/C10H16N2O7/c1-11(9(14)5-4-7-13)19-10(15)6-2-3-8-18-12(16)17/h7H,2-6,8H2,1H3. The summed E-state index contributed by atoms with van der Waals surface area (Å²) in [5.41, 5.74) is 0. The number of nitrogens with zero attached hydrogens (tertiary/aromatic N) is 2. The van der Waals surface area contributed by atoms with E-state index in [1.807, 2.05) is 0 Å². The Labute approximate surface area is 109 Å². The number of carbonyl (C=O) groups is 3. The molecule has 0 bridgehead atoms. The van der Waals surface area contributed by atoms with Crippen LogP contribution in [0.25, 0.3) is 0 Å². The van der Waals surface area contributed by atoms with E-state index in [9.17, 15) is 24.5 Å². The molecule has 0 atom stereocenters. The number of hydroxylamine groups is 2.